The van der Waals surface area contributed by atoms with E-state index in [-0.39, 0.29) is 57.7 Å². The Morgan fingerprint density at radius 3 is 1.35 bits per heavy atom. The summed E-state index contributed by atoms with van der Waals surface area (Å²) >= 11 is 0.0859. The van der Waals surface area contributed by atoms with Crippen molar-refractivity contribution in [3.05, 3.63) is 131 Å². The molecule has 203 valence electrons. The number of carbonyl (C=O) groups is 2. The number of carbonyl (C=O) groups excluding carboxylic acids is 1. The fraction of sp³-hybridized carbons (Fsp3) is 0.0714. The van der Waals surface area contributed by atoms with Crippen LogP contribution in [-0.2, 0) is 30.9 Å². The van der Waals surface area contributed by atoms with Gasteiger partial charge in [0.05, 0.1) is 0 Å². The molecule has 0 spiro atoms. The van der Waals surface area contributed by atoms with Crippen LogP contribution in [-0.4, -0.2) is 31.1 Å². The summed E-state index contributed by atoms with van der Waals surface area (Å²) in [5, 5.41) is 21.7. The van der Waals surface area contributed by atoms with Gasteiger partial charge in [-0.15, -0.1) is 0 Å². The molecule has 0 heterocycles. The van der Waals surface area contributed by atoms with E-state index in [4.69, 9.17) is 9.90 Å². The third kappa shape index (κ3) is 7.62. The molecule has 40 heavy (non-hydrogen) atoms. The molecule has 4 aromatic carbocycles. The van der Waals surface area contributed by atoms with Crippen LogP contribution < -0.4 is 32.9 Å². The number of nitrogens with zero attached hydrogens (tertiary/aromatic N) is 1. The van der Waals surface area contributed by atoms with Gasteiger partial charge in [0.1, 0.15) is 0 Å². The summed E-state index contributed by atoms with van der Waals surface area (Å²) in [6, 6.07) is 37.0. The molecule has 0 radical (unpaired) electrons. The van der Waals surface area contributed by atoms with E-state index in [0.717, 1.165) is 0 Å². The van der Waals surface area contributed by atoms with Crippen molar-refractivity contribution in [1.29, 1.82) is 0 Å². The second-order valence-corrected chi connectivity index (χ2v) is 17.7. The summed E-state index contributed by atoms with van der Waals surface area (Å²) in [4.78, 5) is 33.4. The first-order valence-corrected chi connectivity index (χ1v) is 16.5. The van der Waals surface area contributed by atoms with Crippen molar-refractivity contribution in [2.75, 3.05) is 0 Å². The number of carboxylic acid groups (broad SMARTS) is 1. The number of nitro groups is 1. The first-order valence-electron chi connectivity index (χ1n) is 11.5. The molecule has 0 saturated heterocycles. The van der Waals surface area contributed by atoms with Gasteiger partial charge in [-0.2, -0.15) is 13.2 Å². The average Bonchev–Trinajstić information content (AvgIpc) is 2.94. The summed E-state index contributed by atoms with van der Waals surface area (Å²) < 4.78 is 31.6. The second-order valence-electron chi connectivity index (χ2n) is 8.22. The summed E-state index contributed by atoms with van der Waals surface area (Å²) in [7, 11) is -2.29. The van der Waals surface area contributed by atoms with Gasteiger partial charge in [0.15, 0.2) is 0 Å². The van der Waals surface area contributed by atoms with E-state index in [0.29, 0.717) is 5.56 Å². The van der Waals surface area contributed by atoms with Gasteiger partial charge in [0.25, 0.3) is 0 Å². The molecule has 0 aliphatic heterocycles. The van der Waals surface area contributed by atoms with Crippen LogP contribution in [0.2, 0.25) is 0 Å². The summed E-state index contributed by atoms with van der Waals surface area (Å²) in [6.45, 7) is 0. The molecule has 12 heteroatoms. The van der Waals surface area contributed by atoms with E-state index >= 15 is 0 Å². The largest absolute Gasteiger partial charge is 1.00 e. The van der Waals surface area contributed by atoms with Crippen molar-refractivity contribution in [1.82, 2.24) is 0 Å². The number of benzene rings is 4. The Hall–Kier alpha value is -2.94. The van der Waals surface area contributed by atoms with Crippen LogP contribution >= 0.6 is 7.26 Å². The fourth-order valence-corrected chi connectivity index (χ4v) is 16.8. The van der Waals surface area contributed by atoms with Gasteiger partial charge in [0, 0.05) is 0 Å². The Morgan fingerprint density at radius 2 is 1.07 bits per heavy atom. The molecule has 1 atom stereocenters. The normalized spacial score (nSPS) is 11.7. The molecule has 1 unspecified atom stereocenters. The van der Waals surface area contributed by atoms with Gasteiger partial charge in [-0.1, -0.05) is 0 Å². The van der Waals surface area contributed by atoms with E-state index < -0.39 is 24.3 Å². The molecule has 0 fully saturated rings. The summed E-state index contributed by atoms with van der Waals surface area (Å²) in [5.74, 6) is -2.69. The smallest absolute Gasteiger partial charge is 1.00 e. The Bertz CT molecular complexity index is 1330. The first-order chi connectivity index (χ1) is 18.5. The molecule has 1 N–H and O–H groups in total. The third-order valence-corrected chi connectivity index (χ3v) is 18.2. The van der Waals surface area contributed by atoms with Crippen LogP contribution in [0.15, 0.2) is 115 Å². The average molecular weight is 820 g/mol. The number of alkyl halides is 3. The predicted molar refractivity (Wildman–Crippen MR) is 140 cm³/mol. The van der Waals surface area contributed by atoms with Crippen LogP contribution in [0.4, 0.5) is 18.9 Å². The van der Waals surface area contributed by atoms with Crippen LogP contribution in [0, 0.1) is 10.1 Å². The van der Waals surface area contributed by atoms with Gasteiger partial charge >= 0.3 is 217 Å². The molecule has 0 aliphatic rings. The Balaban J connectivity index is 0.000000623. The zero-order valence-electron chi connectivity index (χ0n) is 20.7. The molecule has 6 nitrogen and oxygen atoms in total. The number of hydrogen-bond donors (Lipinski definition) is 1. The van der Waals surface area contributed by atoms with E-state index in [9.17, 15) is 28.1 Å². The molecule has 0 aromatic heterocycles. The number of carboxylic acids is 1. The third-order valence-electron chi connectivity index (χ3n) is 5.87. The molecular weight excluding hydrogens is 799 g/mol. The molecule has 0 aliphatic carbocycles. The molecule has 4 rings (SSSR count). The molecule has 0 amide bonds. The predicted octanol–water partition coefficient (Wildman–Crippen LogP) is 2.28. The van der Waals surface area contributed by atoms with E-state index in [1.807, 2.05) is 54.6 Å². The Kier molecular flexibility index (Phi) is 12.2. The maximum atomic E-state index is 13.9. The minimum atomic E-state index is -5.08. The van der Waals surface area contributed by atoms with Gasteiger partial charge in [-0.25, -0.2) is 4.79 Å². The standard InChI is InChI=1S/C26H20NO3P.C2HF3O2.BrH.Hg/c28-26(21-16-18-22(19-17-21)27(29)30)20-31(23-10-4-1-5-11-23,24-12-6-2-7-13-24)25-14-8-3-9-15-25;3-2(4,5)1(6)7;;/h1-20H;(H,6,7);1H;/q+1;;;/p-1. The van der Waals surface area contributed by atoms with Crippen molar-refractivity contribution >= 4 is 40.6 Å². The number of nitro benzene ring substituents is 1. The van der Waals surface area contributed by atoms with E-state index in [1.54, 1.807) is 12.1 Å². The van der Waals surface area contributed by atoms with Gasteiger partial charge in [-0.05, 0) is 0 Å². The number of hydrogen-bond acceptors (Lipinski definition) is 4. The van der Waals surface area contributed by atoms with Crippen molar-refractivity contribution in [3.8, 4) is 0 Å². The number of aliphatic carboxylic acids is 1. The molecule has 4 aromatic rings. The molecule has 0 bridgehead atoms. The quantitative estimate of drug-likeness (QED) is 0.102. The monoisotopic (exact) mass is 820 g/mol. The Labute approximate surface area is 255 Å². The van der Waals surface area contributed by atoms with Crippen molar-refractivity contribution in [3.63, 3.8) is 0 Å². The first kappa shape index (κ1) is 33.3. The number of halogens is 4. The zero-order chi connectivity index (χ0) is 28.6. The number of non-ortho nitro benzene ring substituents is 1. The van der Waals surface area contributed by atoms with Crippen molar-refractivity contribution in [2.24, 2.45) is 0 Å². The Morgan fingerprint density at radius 1 is 0.750 bits per heavy atom. The minimum absolute atomic E-state index is 0. The van der Waals surface area contributed by atoms with Gasteiger partial charge in [0.2, 0.25) is 0 Å². The maximum Gasteiger partial charge on any atom is -1.00 e. The van der Waals surface area contributed by atoms with Crippen LogP contribution in [0.25, 0.3) is 0 Å². The molecular formula is C28H21BrF3HgNO5P. The van der Waals surface area contributed by atoms with Gasteiger partial charge in [-0.3, -0.25) is 0 Å². The fourth-order valence-electron chi connectivity index (χ4n) is 4.09. The second kappa shape index (κ2) is 14.6. The van der Waals surface area contributed by atoms with Crippen LogP contribution in [0.1, 0.15) is 10.4 Å². The molecule has 0 saturated carbocycles. The van der Waals surface area contributed by atoms with E-state index in [1.165, 1.54) is 28.0 Å². The van der Waals surface area contributed by atoms with E-state index in [2.05, 4.69) is 36.4 Å². The summed E-state index contributed by atoms with van der Waals surface area (Å²) in [6.07, 6.45) is -5.08. The zero-order valence-corrected chi connectivity index (χ0v) is 28.7. The van der Waals surface area contributed by atoms with Crippen LogP contribution in [0.3, 0.4) is 0 Å². The minimum Gasteiger partial charge on any atom is -1.00 e. The maximum absolute atomic E-state index is 13.9. The SMILES string of the molecule is O=C(O)C(F)(F)F.O=C(c1ccc([N+](=O)[O-])cc1)[CH]([Hg])[P+](c1ccccc1)(c1ccccc1)c1ccccc1.[Br-]. The van der Waals surface area contributed by atoms with Crippen molar-refractivity contribution < 1.29 is 75.9 Å². The number of rotatable bonds is 7. The van der Waals surface area contributed by atoms with Gasteiger partial charge < -0.3 is 22.1 Å². The van der Waals surface area contributed by atoms with Crippen molar-refractivity contribution in [2.45, 2.75) is 9.34 Å². The topological polar surface area (TPSA) is 97.5 Å². The summed E-state index contributed by atoms with van der Waals surface area (Å²) in [5.41, 5.74) is 0.523. The number of Topliss-reactive ketones (excluding diaryl/α,β-unsaturated/α-hetero) is 1. The number of ketones is 1. The van der Waals surface area contributed by atoms with Crippen LogP contribution in [0.5, 0.6) is 0 Å².